The topological polar surface area (TPSA) is 43.4 Å². The molecule has 0 fully saturated rings. The molecule has 0 N–H and O–H groups in total. The van der Waals surface area contributed by atoms with Crippen molar-refractivity contribution in [2.24, 2.45) is 0 Å². The number of methoxy groups -OCH3 is 1. The van der Waals surface area contributed by atoms with Crippen LogP contribution in [-0.2, 0) is 16.0 Å². The molecule has 0 spiro atoms. The molecule has 1 aromatic carbocycles. The number of halogens is 1. The Bertz CT molecular complexity index is 440. The van der Waals surface area contributed by atoms with E-state index in [-0.39, 0.29) is 0 Å². The van der Waals surface area contributed by atoms with Gasteiger partial charge < -0.3 is 4.74 Å². The lowest BCUT2D eigenvalue weighted by atomic mass is 10.0. The van der Waals surface area contributed by atoms with Gasteiger partial charge in [-0.25, -0.2) is 0 Å². The fourth-order valence-corrected chi connectivity index (χ4v) is 1.85. The van der Waals surface area contributed by atoms with Crippen LogP contribution in [0.25, 0.3) is 0 Å². The standard InChI is InChI=1S/C13H15ClO3/c1-4-9-7-10(5-6-11(9)17-3)12(14)13(16)8(2)15/h5-7,12H,4H2,1-3H3. The maximum atomic E-state index is 11.5. The van der Waals surface area contributed by atoms with Gasteiger partial charge in [0.05, 0.1) is 7.11 Å². The highest BCUT2D eigenvalue weighted by atomic mass is 35.5. The summed E-state index contributed by atoms with van der Waals surface area (Å²) in [6, 6.07) is 5.27. The number of rotatable bonds is 5. The molecule has 0 saturated heterocycles. The van der Waals surface area contributed by atoms with Crippen molar-refractivity contribution in [1.82, 2.24) is 0 Å². The molecule has 4 heteroatoms. The highest BCUT2D eigenvalue weighted by molar-refractivity contribution is 6.48. The van der Waals surface area contributed by atoms with Gasteiger partial charge in [-0.3, -0.25) is 9.59 Å². The highest BCUT2D eigenvalue weighted by Gasteiger charge is 2.22. The summed E-state index contributed by atoms with van der Waals surface area (Å²) in [5, 5.41) is -0.913. The molecule has 0 saturated carbocycles. The predicted molar refractivity (Wildman–Crippen MR) is 66.7 cm³/mol. The lowest BCUT2D eigenvalue weighted by Crippen LogP contribution is -2.15. The molecule has 0 aliphatic heterocycles. The maximum Gasteiger partial charge on any atom is 0.220 e. The summed E-state index contributed by atoms with van der Waals surface area (Å²) in [6.45, 7) is 3.21. The molecule has 1 atom stereocenters. The number of aryl methyl sites for hydroxylation is 1. The number of Topliss-reactive ketones (excluding diaryl/α,β-unsaturated/α-hetero) is 2. The summed E-state index contributed by atoms with van der Waals surface area (Å²) in [4.78, 5) is 22.5. The molecule has 0 aliphatic rings. The molecule has 0 bridgehead atoms. The van der Waals surface area contributed by atoms with E-state index in [1.54, 1.807) is 25.3 Å². The first-order valence-corrected chi connectivity index (χ1v) is 5.80. The van der Waals surface area contributed by atoms with Crippen molar-refractivity contribution < 1.29 is 14.3 Å². The van der Waals surface area contributed by atoms with E-state index >= 15 is 0 Å². The van der Waals surface area contributed by atoms with Crippen molar-refractivity contribution in [3.05, 3.63) is 29.3 Å². The van der Waals surface area contributed by atoms with Gasteiger partial charge in [-0.1, -0.05) is 19.1 Å². The van der Waals surface area contributed by atoms with Crippen molar-refractivity contribution in [3.63, 3.8) is 0 Å². The van der Waals surface area contributed by atoms with Crippen LogP contribution >= 0.6 is 11.6 Å². The predicted octanol–water partition coefficient (Wildman–Crippen LogP) is 2.70. The fourth-order valence-electron chi connectivity index (χ4n) is 1.56. The minimum atomic E-state index is -0.913. The van der Waals surface area contributed by atoms with Crippen LogP contribution in [0.5, 0.6) is 5.75 Å². The van der Waals surface area contributed by atoms with Gasteiger partial charge in [-0.05, 0) is 23.6 Å². The largest absolute Gasteiger partial charge is 0.496 e. The number of ketones is 2. The Morgan fingerprint density at radius 1 is 1.41 bits per heavy atom. The number of hydrogen-bond donors (Lipinski definition) is 0. The van der Waals surface area contributed by atoms with Crippen molar-refractivity contribution in [2.45, 2.75) is 25.6 Å². The van der Waals surface area contributed by atoms with Crippen LogP contribution in [0.1, 0.15) is 30.4 Å². The molecule has 17 heavy (non-hydrogen) atoms. The van der Waals surface area contributed by atoms with E-state index in [0.717, 1.165) is 17.7 Å². The van der Waals surface area contributed by atoms with E-state index in [1.165, 1.54) is 6.92 Å². The van der Waals surface area contributed by atoms with Crippen molar-refractivity contribution in [3.8, 4) is 5.75 Å². The van der Waals surface area contributed by atoms with Gasteiger partial charge in [0, 0.05) is 6.92 Å². The van der Waals surface area contributed by atoms with E-state index in [0.29, 0.717) is 5.56 Å². The summed E-state index contributed by atoms with van der Waals surface area (Å²) in [5.74, 6) is -0.354. The van der Waals surface area contributed by atoms with E-state index < -0.39 is 16.9 Å². The second-order valence-corrected chi connectivity index (χ2v) is 4.14. The molecule has 1 rings (SSSR count). The molecule has 0 aromatic heterocycles. The highest BCUT2D eigenvalue weighted by Crippen LogP contribution is 2.27. The van der Waals surface area contributed by atoms with E-state index in [9.17, 15) is 9.59 Å². The van der Waals surface area contributed by atoms with Gasteiger partial charge in [0.1, 0.15) is 11.1 Å². The summed E-state index contributed by atoms with van der Waals surface area (Å²) < 4.78 is 5.18. The maximum absolute atomic E-state index is 11.5. The van der Waals surface area contributed by atoms with Gasteiger partial charge in [0.2, 0.25) is 5.78 Å². The molecule has 0 amide bonds. The minimum Gasteiger partial charge on any atom is -0.496 e. The zero-order valence-corrected chi connectivity index (χ0v) is 10.9. The number of hydrogen-bond acceptors (Lipinski definition) is 3. The molecule has 1 unspecified atom stereocenters. The van der Waals surface area contributed by atoms with Crippen LogP contribution in [0.2, 0.25) is 0 Å². The van der Waals surface area contributed by atoms with Crippen LogP contribution in [0.15, 0.2) is 18.2 Å². The van der Waals surface area contributed by atoms with E-state index in [4.69, 9.17) is 16.3 Å². The molecule has 3 nitrogen and oxygen atoms in total. The van der Waals surface area contributed by atoms with E-state index in [2.05, 4.69) is 0 Å². The Labute approximate surface area is 106 Å². The molecule has 1 aromatic rings. The molecular formula is C13H15ClO3. The molecular weight excluding hydrogens is 240 g/mol. The normalized spacial score (nSPS) is 12.0. The molecule has 0 aliphatic carbocycles. The average Bonchev–Trinajstić information content (AvgIpc) is 2.35. The zero-order chi connectivity index (χ0) is 13.0. The second-order valence-electron chi connectivity index (χ2n) is 3.71. The molecule has 0 radical (unpaired) electrons. The Balaban J connectivity index is 3.07. The number of carbonyl (C=O) groups excluding carboxylic acids is 2. The van der Waals surface area contributed by atoms with Crippen LogP contribution in [-0.4, -0.2) is 18.7 Å². The van der Waals surface area contributed by atoms with Crippen molar-refractivity contribution in [2.75, 3.05) is 7.11 Å². The average molecular weight is 255 g/mol. The van der Waals surface area contributed by atoms with Crippen molar-refractivity contribution in [1.29, 1.82) is 0 Å². The number of carbonyl (C=O) groups is 2. The SMILES string of the molecule is CCc1cc(C(Cl)C(=O)C(C)=O)ccc1OC. The van der Waals surface area contributed by atoms with Crippen LogP contribution in [0.4, 0.5) is 0 Å². The summed E-state index contributed by atoms with van der Waals surface area (Å²) in [7, 11) is 1.59. The third-order valence-corrected chi connectivity index (χ3v) is 3.01. The third-order valence-electron chi connectivity index (χ3n) is 2.56. The third kappa shape index (κ3) is 3.07. The Hall–Kier alpha value is -1.35. The second kappa shape index (κ2) is 5.82. The first-order chi connectivity index (χ1) is 8.01. The Morgan fingerprint density at radius 3 is 2.53 bits per heavy atom. The first-order valence-electron chi connectivity index (χ1n) is 5.36. The fraction of sp³-hybridized carbons (Fsp3) is 0.385. The molecule has 92 valence electrons. The van der Waals surface area contributed by atoms with Gasteiger partial charge in [-0.2, -0.15) is 0 Å². The number of benzene rings is 1. The lowest BCUT2D eigenvalue weighted by Gasteiger charge is -2.11. The Kier molecular flexibility index (Phi) is 4.70. The summed E-state index contributed by atoms with van der Waals surface area (Å²) >= 11 is 5.96. The van der Waals surface area contributed by atoms with Gasteiger partial charge >= 0.3 is 0 Å². The van der Waals surface area contributed by atoms with Crippen LogP contribution < -0.4 is 4.74 Å². The van der Waals surface area contributed by atoms with Gasteiger partial charge in [0.25, 0.3) is 0 Å². The zero-order valence-electron chi connectivity index (χ0n) is 10.1. The van der Waals surface area contributed by atoms with Crippen LogP contribution in [0.3, 0.4) is 0 Å². The van der Waals surface area contributed by atoms with Crippen molar-refractivity contribution >= 4 is 23.2 Å². The lowest BCUT2D eigenvalue weighted by molar-refractivity contribution is -0.135. The number of alkyl halides is 1. The van der Waals surface area contributed by atoms with Crippen LogP contribution in [0, 0.1) is 0 Å². The van der Waals surface area contributed by atoms with Gasteiger partial charge in [-0.15, -0.1) is 11.6 Å². The summed E-state index contributed by atoms with van der Waals surface area (Å²) in [5.41, 5.74) is 1.59. The number of ether oxygens (including phenoxy) is 1. The van der Waals surface area contributed by atoms with Gasteiger partial charge in [0.15, 0.2) is 5.78 Å². The quantitative estimate of drug-likeness (QED) is 0.599. The monoisotopic (exact) mass is 254 g/mol. The van der Waals surface area contributed by atoms with E-state index in [1.807, 2.05) is 6.92 Å². The summed E-state index contributed by atoms with van der Waals surface area (Å²) in [6.07, 6.45) is 0.773. The smallest absolute Gasteiger partial charge is 0.220 e. The minimum absolute atomic E-state index is 0.529. The molecule has 0 heterocycles. The Morgan fingerprint density at radius 2 is 2.06 bits per heavy atom. The first kappa shape index (κ1) is 13.7.